The van der Waals surface area contributed by atoms with Crippen molar-refractivity contribution in [2.75, 3.05) is 0 Å². The molecule has 0 saturated heterocycles. The molecule has 4 rings (SSSR count). The van der Waals surface area contributed by atoms with Crippen LogP contribution in [0.5, 0.6) is 0 Å². The third-order valence-electron chi connectivity index (χ3n) is 4.13. The normalized spacial score (nSPS) is 13.6. The predicted octanol–water partition coefficient (Wildman–Crippen LogP) is 3.24. The first-order chi connectivity index (χ1) is 12.5. The number of carbonyl (C=O) groups is 1. The fourth-order valence-corrected chi connectivity index (χ4v) is 2.66. The molecule has 1 aliphatic rings. The Kier molecular flexibility index (Phi) is 3.80. The van der Waals surface area contributed by atoms with Gasteiger partial charge >= 0.3 is 0 Å². The number of nitrogens with one attached hydrogen (secondary N) is 1. The molecule has 2 heterocycles. The molecule has 0 bridgehead atoms. The summed E-state index contributed by atoms with van der Waals surface area (Å²) in [5, 5.41) is 18.4. The van der Waals surface area contributed by atoms with E-state index in [-0.39, 0.29) is 17.6 Å². The van der Waals surface area contributed by atoms with Crippen molar-refractivity contribution < 1.29 is 14.1 Å². The summed E-state index contributed by atoms with van der Waals surface area (Å²) in [6.45, 7) is 1.82. The Balaban J connectivity index is 1.80. The van der Waals surface area contributed by atoms with Gasteiger partial charge in [0.05, 0.1) is 10.6 Å². The van der Waals surface area contributed by atoms with Crippen LogP contribution in [-0.2, 0) is 0 Å². The lowest BCUT2D eigenvalue weighted by molar-refractivity contribution is -0.384. The Morgan fingerprint density at radius 3 is 2.77 bits per heavy atom. The summed E-state index contributed by atoms with van der Waals surface area (Å²) >= 11 is 0. The highest BCUT2D eigenvalue weighted by molar-refractivity contribution is 5.94. The maximum Gasteiger partial charge on any atom is 0.271 e. The van der Waals surface area contributed by atoms with Crippen molar-refractivity contribution in [3.05, 3.63) is 64.0 Å². The molecule has 1 aliphatic carbocycles. The van der Waals surface area contributed by atoms with Crippen LogP contribution in [0.25, 0.3) is 17.1 Å². The van der Waals surface area contributed by atoms with Crippen LogP contribution in [0.1, 0.15) is 29.1 Å². The molecule has 1 N–H and O–H groups in total. The lowest BCUT2D eigenvalue weighted by Crippen LogP contribution is -2.27. The SMILES string of the molecule is Cc1ccc(-c2cc(C(=O)NC3CC3)n(-c3cccc([N+](=O)[O-])c3)n2)o1. The van der Waals surface area contributed by atoms with E-state index in [1.165, 1.54) is 16.8 Å². The number of aryl methyl sites for hydroxylation is 1. The minimum Gasteiger partial charge on any atom is -0.460 e. The molecule has 0 atom stereocenters. The molecule has 132 valence electrons. The van der Waals surface area contributed by atoms with Gasteiger partial charge in [-0.2, -0.15) is 5.10 Å². The molecular weight excluding hydrogens is 336 g/mol. The summed E-state index contributed by atoms with van der Waals surface area (Å²) in [5.74, 6) is 1.00. The second-order valence-electron chi connectivity index (χ2n) is 6.26. The largest absolute Gasteiger partial charge is 0.460 e. The Morgan fingerprint density at radius 2 is 2.12 bits per heavy atom. The Bertz CT molecular complexity index is 1000. The number of nitro benzene ring substituents is 1. The van der Waals surface area contributed by atoms with E-state index in [0.717, 1.165) is 18.6 Å². The molecule has 0 spiro atoms. The second-order valence-corrected chi connectivity index (χ2v) is 6.26. The number of rotatable bonds is 5. The zero-order valence-electron chi connectivity index (χ0n) is 14.0. The minimum absolute atomic E-state index is 0.0676. The number of hydrogen-bond acceptors (Lipinski definition) is 5. The van der Waals surface area contributed by atoms with E-state index in [1.54, 1.807) is 24.3 Å². The van der Waals surface area contributed by atoms with Crippen LogP contribution in [0, 0.1) is 17.0 Å². The first kappa shape index (κ1) is 16.1. The average molecular weight is 352 g/mol. The van der Waals surface area contributed by atoms with Crippen molar-refractivity contribution in [3.63, 3.8) is 0 Å². The third kappa shape index (κ3) is 3.08. The number of furan rings is 1. The van der Waals surface area contributed by atoms with E-state index < -0.39 is 4.92 Å². The molecule has 2 aromatic heterocycles. The van der Waals surface area contributed by atoms with Crippen molar-refractivity contribution in [1.82, 2.24) is 15.1 Å². The number of benzene rings is 1. The van der Waals surface area contributed by atoms with Gasteiger partial charge in [-0.3, -0.25) is 14.9 Å². The summed E-state index contributed by atoms with van der Waals surface area (Å²) in [5.41, 5.74) is 1.17. The van der Waals surface area contributed by atoms with Crippen LogP contribution in [0.2, 0.25) is 0 Å². The molecule has 8 nitrogen and oxygen atoms in total. The summed E-state index contributed by atoms with van der Waals surface area (Å²) in [6.07, 6.45) is 1.92. The fraction of sp³-hybridized carbons (Fsp3) is 0.222. The molecule has 0 unspecified atom stereocenters. The van der Waals surface area contributed by atoms with Crippen LogP contribution < -0.4 is 5.32 Å². The Hall–Kier alpha value is -3.42. The van der Waals surface area contributed by atoms with E-state index in [0.29, 0.717) is 22.8 Å². The Labute approximate surface area is 148 Å². The molecule has 1 amide bonds. The molecular formula is C18H16N4O4. The molecule has 1 fully saturated rings. The molecule has 26 heavy (non-hydrogen) atoms. The zero-order chi connectivity index (χ0) is 18.3. The lowest BCUT2D eigenvalue weighted by atomic mass is 10.2. The highest BCUT2D eigenvalue weighted by Gasteiger charge is 2.27. The van der Waals surface area contributed by atoms with Crippen LogP contribution in [-0.4, -0.2) is 26.7 Å². The number of aromatic nitrogens is 2. The van der Waals surface area contributed by atoms with Gasteiger partial charge in [-0.1, -0.05) is 6.07 Å². The van der Waals surface area contributed by atoms with Crippen LogP contribution in [0.4, 0.5) is 5.69 Å². The average Bonchev–Trinajstić information content (AvgIpc) is 3.15. The number of amides is 1. The number of carbonyl (C=O) groups excluding carboxylic acids is 1. The molecule has 3 aromatic rings. The van der Waals surface area contributed by atoms with Gasteiger partial charge in [-0.05, 0) is 38.0 Å². The predicted molar refractivity (Wildman–Crippen MR) is 93.1 cm³/mol. The standard InChI is InChI=1S/C18H16N4O4/c1-11-5-8-17(26-11)15-10-16(18(23)19-12-6-7-12)21(20-15)13-3-2-4-14(9-13)22(24)25/h2-5,8-10,12H,6-7H2,1H3,(H,19,23). The van der Waals surface area contributed by atoms with Gasteiger partial charge in [-0.25, -0.2) is 4.68 Å². The van der Waals surface area contributed by atoms with E-state index in [4.69, 9.17) is 4.42 Å². The minimum atomic E-state index is -0.478. The highest BCUT2D eigenvalue weighted by Crippen LogP contribution is 2.26. The topological polar surface area (TPSA) is 103 Å². The van der Waals surface area contributed by atoms with Gasteiger partial charge in [0.25, 0.3) is 11.6 Å². The van der Waals surface area contributed by atoms with E-state index in [9.17, 15) is 14.9 Å². The quantitative estimate of drug-likeness (QED) is 0.561. The molecule has 0 aliphatic heterocycles. The van der Waals surface area contributed by atoms with Crippen LogP contribution in [0.3, 0.4) is 0 Å². The number of nitro groups is 1. The fourth-order valence-electron chi connectivity index (χ4n) is 2.66. The third-order valence-corrected chi connectivity index (χ3v) is 4.13. The molecule has 1 aromatic carbocycles. The van der Waals surface area contributed by atoms with Gasteiger partial charge in [0.2, 0.25) is 0 Å². The maximum atomic E-state index is 12.6. The van der Waals surface area contributed by atoms with Gasteiger partial charge < -0.3 is 9.73 Å². The summed E-state index contributed by atoms with van der Waals surface area (Å²) < 4.78 is 7.01. The van der Waals surface area contributed by atoms with Crippen molar-refractivity contribution in [2.24, 2.45) is 0 Å². The summed E-state index contributed by atoms with van der Waals surface area (Å²) in [7, 11) is 0. The van der Waals surface area contributed by atoms with Gasteiger partial charge in [0.1, 0.15) is 17.1 Å². The second kappa shape index (κ2) is 6.14. The van der Waals surface area contributed by atoms with Crippen molar-refractivity contribution in [3.8, 4) is 17.1 Å². The van der Waals surface area contributed by atoms with E-state index in [2.05, 4.69) is 10.4 Å². The number of nitrogens with zero attached hydrogens (tertiary/aromatic N) is 3. The highest BCUT2D eigenvalue weighted by atomic mass is 16.6. The van der Waals surface area contributed by atoms with Crippen LogP contribution in [0.15, 0.2) is 46.9 Å². The first-order valence-corrected chi connectivity index (χ1v) is 8.24. The first-order valence-electron chi connectivity index (χ1n) is 8.24. The molecule has 0 radical (unpaired) electrons. The van der Waals surface area contributed by atoms with E-state index in [1.807, 2.05) is 13.0 Å². The van der Waals surface area contributed by atoms with Gasteiger partial charge in [0, 0.05) is 24.2 Å². The van der Waals surface area contributed by atoms with Crippen LogP contribution >= 0.6 is 0 Å². The van der Waals surface area contributed by atoms with Crippen molar-refractivity contribution in [2.45, 2.75) is 25.8 Å². The summed E-state index contributed by atoms with van der Waals surface area (Å²) in [4.78, 5) is 23.2. The zero-order valence-corrected chi connectivity index (χ0v) is 14.0. The Morgan fingerprint density at radius 1 is 1.31 bits per heavy atom. The lowest BCUT2D eigenvalue weighted by Gasteiger charge is -2.07. The van der Waals surface area contributed by atoms with Gasteiger partial charge in [0.15, 0.2) is 5.76 Å². The van der Waals surface area contributed by atoms with Gasteiger partial charge in [-0.15, -0.1) is 0 Å². The van der Waals surface area contributed by atoms with E-state index >= 15 is 0 Å². The number of hydrogen-bond donors (Lipinski definition) is 1. The summed E-state index contributed by atoms with van der Waals surface area (Å²) in [6, 6.07) is 11.4. The number of non-ortho nitro benzene ring substituents is 1. The van der Waals surface area contributed by atoms with Crippen molar-refractivity contribution >= 4 is 11.6 Å². The van der Waals surface area contributed by atoms with Crippen molar-refractivity contribution in [1.29, 1.82) is 0 Å². The monoisotopic (exact) mass is 352 g/mol. The molecule has 8 heteroatoms. The smallest absolute Gasteiger partial charge is 0.271 e. The maximum absolute atomic E-state index is 12.6. The molecule has 1 saturated carbocycles.